The largest absolute Gasteiger partial charge is 0.478 e. The van der Waals surface area contributed by atoms with Crippen molar-refractivity contribution < 1.29 is 34.5 Å². The maximum absolute atomic E-state index is 11.1. The van der Waals surface area contributed by atoms with Gasteiger partial charge in [-0.1, -0.05) is 11.8 Å². The first kappa shape index (κ1) is 16.7. The van der Waals surface area contributed by atoms with Gasteiger partial charge in [0.15, 0.2) is 0 Å². The van der Waals surface area contributed by atoms with E-state index in [1.54, 1.807) is 6.26 Å². The van der Waals surface area contributed by atoms with E-state index in [0.717, 1.165) is 11.8 Å². The number of aliphatic hydroxyl groups is 4. The lowest BCUT2D eigenvalue weighted by molar-refractivity contribution is -0.137. The Morgan fingerprint density at radius 3 is 2.84 bits per heavy atom. The fourth-order valence-electron chi connectivity index (χ4n) is 1.59. The van der Waals surface area contributed by atoms with E-state index in [2.05, 4.69) is 5.32 Å². The average molecular weight is 295 g/mol. The number of nitrogens with one attached hydrogen (secondary N) is 1. The van der Waals surface area contributed by atoms with Gasteiger partial charge < -0.3 is 35.1 Å². The third-order valence-corrected chi connectivity index (χ3v) is 3.17. The highest BCUT2D eigenvalue weighted by atomic mass is 32.2. The molecule has 1 rings (SSSR count). The molecular formula is C9H18BNO7S. The van der Waals surface area contributed by atoms with E-state index in [0.29, 0.717) is 0 Å². The molecule has 4 unspecified atom stereocenters. The van der Waals surface area contributed by atoms with Crippen molar-refractivity contribution in [3.8, 4) is 0 Å². The summed E-state index contributed by atoms with van der Waals surface area (Å²) >= 11 is 0.997. The van der Waals surface area contributed by atoms with Crippen molar-refractivity contribution >= 4 is 24.1 Å². The van der Waals surface area contributed by atoms with E-state index in [4.69, 9.17) is 14.4 Å². The van der Waals surface area contributed by atoms with Crippen molar-refractivity contribution in [2.24, 2.45) is 0 Å². The molecule has 1 saturated heterocycles. The molecule has 0 saturated carbocycles. The number of rotatable bonds is 5. The summed E-state index contributed by atoms with van der Waals surface area (Å²) < 4.78 is 10.4. The second kappa shape index (κ2) is 8.05. The third-order valence-electron chi connectivity index (χ3n) is 2.66. The molecule has 1 aliphatic rings. The van der Waals surface area contributed by atoms with E-state index in [1.807, 2.05) is 0 Å². The van der Waals surface area contributed by atoms with Crippen LogP contribution in [0.5, 0.6) is 0 Å². The van der Waals surface area contributed by atoms with E-state index in [9.17, 15) is 20.1 Å². The summed E-state index contributed by atoms with van der Waals surface area (Å²) in [6.07, 6.45) is -3.39. The molecule has 0 radical (unpaired) electrons. The van der Waals surface area contributed by atoms with Crippen LogP contribution in [-0.4, -0.2) is 83.1 Å². The Morgan fingerprint density at radius 2 is 2.26 bits per heavy atom. The molecule has 0 aromatic rings. The van der Waals surface area contributed by atoms with Gasteiger partial charge in [0, 0.05) is 0 Å². The Morgan fingerprint density at radius 1 is 1.58 bits per heavy atom. The summed E-state index contributed by atoms with van der Waals surface area (Å²) in [5, 5.41) is 39.7. The maximum Gasteiger partial charge on any atom is 0.478 e. The van der Waals surface area contributed by atoms with E-state index in [1.165, 1.54) is 0 Å². The molecule has 10 heteroatoms. The first-order valence-electron chi connectivity index (χ1n) is 5.73. The Balaban J connectivity index is 2.50. The van der Waals surface area contributed by atoms with E-state index < -0.39 is 38.1 Å². The van der Waals surface area contributed by atoms with Crippen molar-refractivity contribution in [1.82, 2.24) is 5.32 Å². The van der Waals surface area contributed by atoms with Crippen molar-refractivity contribution in [3.63, 3.8) is 0 Å². The molecule has 1 fully saturated rings. The van der Waals surface area contributed by atoms with Gasteiger partial charge in [-0.15, -0.1) is 0 Å². The zero-order chi connectivity index (χ0) is 14.4. The Kier molecular flexibility index (Phi) is 7.07. The van der Waals surface area contributed by atoms with Crippen LogP contribution in [0, 0.1) is 0 Å². The van der Waals surface area contributed by atoms with E-state index in [-0.39, 0.29) is 18.3 Å². The molecule has 0 aromatic heterocycles. The van der Waals surface area contributed by atoms with Crippen LogP contribution in [0.3, 0.4) is 0 Å². The maximum atomic E-state index is 11.1. The molecule has 19 heavy (non-hydrogen) atoms. The molecule has 0 bridgehead atoms. The minimum absolute atomic E-state index is 0.0604. The van der Waals surface area contributed by atoms with Gasteiger partial charge in [-0.05, 0) is 6.26 Å². The van der Waals surface area contributed by atoms with Crippen LogP contribution < -0.4 is 5.32 Å². The fraction of sp³-hybridized carbons (Fsp3) is 0.889. The standard InChI is InChI=1S/C9H18BNO7S/c1-19-9(16)11-4-10-17-3-6(14)8(18-10)7(15)5(13)2-12/h5-8,12-15H,2-4H2,1H3,(H,11,16). The summed E-state index contributed by atoms with van der Waals surface area (Å²) in [4.78, 5) is 11.1. The molecule has 0 aromatic carbocycles. The molecule has 110 valence electrons. The smallest absolute Gasteiger partial charge is 0.407 e. The summed E-state index contributed by atoms with van der Waals surface area (Å²) in [5.74, 6) is 0. The van der Waals surface area contributed by atoms with Gasteiger partial charge in [-0.3, -0.25) is 4.79 Å². The van der Waals surface area contributed by atoms with Gasteiger partial charge >= 0.3 is 7.12 Å². The van der Waals surface area contributed by atoms with E-state index >= 15 is 0 Å². The first-order valence-corrected chi connectivity index (χ1v) is 6.96. The highest BCUT2D eigenvalue weighted by Crippen LogP contribution is 2.16. The second-order valence-corrected chi connectivity index (χ2v) is 4.82. The predicted octanol–water partition coefficient (Wildman–Crippen LogP) is -2.42. The summed E-state index contributed by atoms with van der Waals surface area (Å²) in [6, 6.07) is 0. The van der Waals surface area contributed by atoms with Crippen molar-refractivity contribution in [1.29, 1.82) is 0 Å². The lowest BCUT2D eigenvalue weighted by atomic mass is 9.86. The Hall–Kier alpha value is -0.355. The van der Waals surface area contributed by atoms with Gasteiger partial charge in [0.1, 0.15) is 18.3 Å². The molecule has 5 N–H and O–H groups in total. The Bertz CT molecular complexity index is 298. The minimum Gasteiger partial charge on any atom is -0.407 e. The number of hydrogen-bond acceptors (Lipinski definition) is 8. The normalized spacial score (nSPS) is 26.9. The monoisotopic (exact) mass is 295 g/mol. The number of carbonyl (C=O) groups is 1. The van der Waals surface area contributed by atoms with Crippen LogP contribution in [0.4, 0.5) is 4.79 Å². The predicted molar refractivity (Wildman–Crippen MR) is 68.6 cm³/mol. The summed E-state index contributed by atoms with van der Waals surface area (Å²) in [7, 11) is -0.829. The molecule has 0 spiro atoms. The summed E-state index contributed by atoms with van der Waals surface area (Å²) in [6.45, 7) is -0.748. The molecule has 8 nitrogen and oxygen atoms in total. The third kappa shape index (κ3) is 4.91. The van der Waals surface area contributed by atoms with Gasteiger partial charge in [0.25, 0.3) is 5.24 Å². The highest BCUT2D eigenvalue weighted by Gasteiger charge is 2.40. The average Bonchev–Trinajstić information content (AvgIpc) is 2.44. The van der Waals surface area contributed by atoms with Crippen molar-refractivity contribution in [3.05, 3.63) is 0 Å². The Labute approximate surface area is 115 Å². The van der Waals surface area contributed by atoms with Crippen molar-refractivity contribution in [2.75, 3.05) is 25.9 Å². The number of carbonyl (C=O) groups excluding carboxylic acids is 1. The quantitative estimate of drug-likeness (QED) is 0.354. The molecular weight excluding hydrogens is 277 g/mol. The molecule has 4 atom stereocenters. The SMILES string of the molecule is CSC(=O)NCB1OCC(O)C(C(O)C(O)CO)O1. The lowest BCUT2D eigenvalue weighted by Crippen LogP contribution is -2.57. The van der Waals surface area contributed by atoms with Gasteiger partial charge in [0.2, 0.25) is 0 Å². The van der Waals surface area contributed by atoms with Crippen LogP contribution in [-0.2, 0) is 9.31 Å². The van der Waals surface area contributed by atoms with Crippen LogP contribution in [0.25, 0.3) is 0 Å². The molecule has 1 aliphatic heterocycles. The van der Waals surface area contributed by atoms with Crippen molar-refractivity contribution in [2.45, 2.75) is 24.4 Å². The first-order chi connectivity index (χ1) is 8.99. The van der Waals surface area contributed by atoms with Crippen LogP contribution in [0.2, 0.25) is 0 Å². The van der Waals surface area contributed by atoms with Gasteiger partial charge in [-0.2, -0.15) is 0 Å². The van der Waals surface area contributed by atoms with Crippen LogP contribution in [0.15, 0.2) is 0 Å². The number of aliphatic hydroxyl groups excluding tert-OH is 4. The van der Waals surface area contributed by atoms with Gasteiger partial charge in [-0.25, -0.2) is 0 Å². The van der Waals surface area contributed by atoms with Crippen LogP contribution in [0.1, 0.15) is 0 Å². The van der Waals surface area contributed by atoms with Gasteiger partial charge in [0.05, 0.1) is 25.8 Å². The second-order valence-electron chi connectivity index (χ2n) is 4.04. The topological polar surface area (TPSA) is 128 Å². The highest BCUT2D eigenvalue weighted by molar-refractivity contribution is 8.12. The zero-order valence-corrected chi connectivity index (χ0v) is 11.2. The minimum atomic E-state index is -1.44. The number of amides is 1. The zero-order valence-electron chi connectivity index (χ0n) is 10.4. The molecule has 0 aliphatic carbocycles. The number of thioether (sulfide) groups is 1. The van der Waals surface area contributed by atoms with Crippen LogP contribution >= 0.6 is 11.8 Å². The number of hydrogen-bond donors (Lipinski definition) is 5. The molecule has 1 heterocycles. The fourth-order valence-corrected chi connectivity index (χ4v) is 1.81. The lowest BCUT2D eigenvalue weighted by Gasteiger charge is -2.36. The summed E-state index contributed by atoms with van der Waals surface area (Å²) in [5.41, 5.74) is 0. The molecule has 1 amide bonds.